The smallest absolute Gasteiger partial charge is 0.110 e. The second-order valence-corrected chi connectivity index (χ2v) is 5.34. The lowest BCUT2D eigenvalue weighted by atomic mass is 10.1. The first-order valence-electron chi connectivity index (χ1n) is 7.27. The second-order valence-electron chi connectivity index (χ2n) is 5.34. The Balaban J connectivity index is 2.06. The molecule has 0 saturated heterocycles. The molecule has 2 aromatic carbocycles. The second kappa shape index (κ2) is 5.49. The molecule has 102 valence electrons. The van der Waals surface area contributed by atoms with Crippen LogP contribution in [0, 0.1) is 6.92 Å². The van der Waals surface area contributed by atoms with Gasteiger partial charge in [-0.05, 0) is 31.0 Å². The van der Waals surface area contributed by atoms with Gasteiger partial charge in [0.15, 0.2) is 0 Å². The van der Waals surface area contributed by atoms with E-state index in [4.69, 9.17) is 4.98 Å². The number of fused-ring (bicyclic) bond motifs is 1. The van der Waals surface area contributed by atoms with E-state index in [2.05, 4.69) is 66.9 Å². The van der Waals surface area contributed by atoms with Gasteiger partial charge >= 0.3 is 0 Å². The molecular formula is C18H20N2. The van der Waals surface area contributed by atoms with Crippen LogP contribution < -0.4 is 0 Å². The van der Waals surface area contributed by atoms with Gasteiger partial charge in [0.05, 0.1) is 11.0 Å². The van der Waals surface area contributed by atoms with Crippen LogP contribution in [-0.4, -0.2) is 9.55 Å². The average Bonchev–Trinajstić information content (AvgIpc) is 2.78. The molecule has 0 spiro atoms. The summed E-state index contributed by atoms with van der Waals surface area (Å²) in [7, 11) is 0. The van der Waals surface area contributed by atoms with E-state index in [1.165, 1.54) is 22.5 Å². The number of aryl methyl sites for hydroxylation is 2. The van der Waals surface area contributed by atoms with Crippen LogP contribution in [0.25, 0.3) is 11.0 Å². The number of rotatable bonds is 4. The summed E-state index contributed by atoms with van der Waals surface area (Å²) in [6.07, 6.45) is 2.15. The van der Waals surface area contributed by atoms with Crippen molar-refractivity contribution in [3.8, 4) is 0 Å². The van der Waals surface area contributed by atoms with Crippen LogP contribution >= 0.6 is 0 Å². The van der Waals surface area contributed by atoms with Gasteiger partial charge in [-0.1, -0.05) is 48.9 Å². The number of hydrogen-bond donors (Lipinski definition) is 0. The molecule has 0 aliphatic carbocycles. The summed E-state index contributed by atoms with van der Waals surface area (Å²) >= 11 is 0. The van der Waals surface area contributed by atoms with Gasteiger partial charge in [0, 0.05) is 13.0 Å². The molecule has 0 atom stereocenters. The van der Waals surface area contributed by atoms with Crippen LogP contribution in [0.1, 0.15) is 30.3 Å². The number of benzene rings is 2. The Hall–Kier alpha value is -2.09. The minimum atomic E-state index is 0.900. The highest BCUT2D eigenvalue weighted by molar-refractivity contribution is 5.76. The largest absolute Gasteiger partial charge is 0.323 e. The molecule has 0 saturated carbocycles. The van der Waals surface area contributed by atoms with Crippen molar-refractivity contribution in [2.24, 2.45) is 0 Å². The van der Waals surface area contributed by atoms with Crippen molar-refractivity contribution in [2.45, 2.75) is 33.2 Å². The fourth-order valence-corrected chi connectivity index (χ4v) is 2.71. The standard InChI is InChI=1S/C18H20N2/c1-3-7-18-19-16-10-4-5-11-17(16)20(18)13-15-9-6-8-14(2)12-15/h4-6,8-12H,3,7,13H2,1-2H3. The third-order valence-corrected chi connectivity index (χ3v) is 3.63. The molecule has 1 aromatic heterocycles. The summed E-state index contributed by atoms with van der Waals surface area (Å²) in [5.74, 6) is 1.19. The first kappa shape index (κ1) is 12.9. The fourth-order valence-electron chi connectivity index (χ4n) is 2.71. The quantitative estimate of drug-likeness (QED) is 0.685. The highest BCUT2D eigenvalue weighted by Crippen LogP contribution is 2.19. The summed E-state index contributed by atoms with van der Waals surface area (Å²) in [6, 6.07) is 17.1. The van der Waals surface area contributed by atoms with Gasteiger partial charge in [-0.3, -0.25) is 0 Å². The van der Waals surface area contributed by atoms with Crippen LogP contribution in [0.15, 0.2) is 48.5 Å². The molecule has 0 fully saturated rings. The van der Waals surface area contributed by atoms with Crippen molar-refractivity contribution in [1.29, 1.82) is 0 Å². The van der Waals surface area contributed by atoms with E-state index >= 15 is 0 Å². The summed E-state index contributed by atoms with van der Waals surface area (Å²) in [5.41, 5.74) is 4.98. The van der Waals surface area contributed by atoms with E-state index in [0.29, 0.717) is 0 Å². The van der Waals surface area contributed by atoms with Crippen LogP contribution in [0.2, 0.25) is 0 Å². The molecule has 3 aromatic rings. The minimum Gasteiger partial charge on any atom is -0.323 e. The lowest BCUT2D eigenvalue weighted by Gasteiger charge is -2.09. The summed E-state index contributed by atoms with van der Waals surface area (Å²) in [4.78, 5) is 4.78. The molecule has 0 aliphatic heterocycles. The average molecular weight is 264 g/mol. The van der Waals surface area contributed by atoms with Gasteiger partial charge in [0.25, 0.3) is 0 Å². The van der Waals surface area contributed by atoms with Gasteiger partial charge in [-0.25, -0.2) is 4.98 Å². The molecule has 0 amide bonds. The molecule has 20 heavy (non-hydrogen) atoms. The molecule has 3 rings (SSSR count). The van der Waals surface area contributed by atoms with Crippen LogP contribution in [0.4, 0.5) is 0 Å². The third-order valence-electron chi connectivity index (χ3n) is 3.63. The van der Waals surface area contributed by atoms with E-state index < -0.39 is 0 Å². The summed E-state index contributed by atoms with van der Waals surface area (Å²) in [5, 5.41) is 0. The zero-order valence-corrected chi connectivity index (χ0v) is 12.1. The summed E-state index contributed by atoms with van der Waals surface area (Å²) in [6.45, 7) is 5.25. The van der Waals surface area contributed by atoms with Crippen molar-refractivity contribution in [2.75, 3.05) is 0 Å². The van der Waals surface area contributed by atoms with Crippen LogP contribution in [0.5, 0.6) is 0 Å². The Morgan fingerprint density at radius 1 is 1.05 bits per heavy atom. The Kier molecular flexibility index (Phi) is 3.55. The lowest BCUT2D eigenvalue weighted by Crippen LogP contribution is -2.05. The molecular weight excluding hydrogens is 244 g/mol. The Bertz CT molecular complexity index is 725. The SMILES string of the molecule is CCCc1nc2ccccc2n1Cc1cccc(C)c1. The highest BCUT2D eigenvalue weighted by Gasteiger charge is 2.09. The van der Waals surface area contributed by atoms with E-state index in [1.54, 1.807) is 0 Å². The summed E-state index contributed by atoms with van der Waals surface area (Å²) < 4.78 is 2.35. The van der Waals surface area contributed by atoms with Crippen molar-refractivity contribution in [1.82, 2.24) is 9.55 Å². The predicted octanol–water partition coefficient (Wildman–Crippen LogP) is 4.35. The topological polar surface area (TPSA) is 17.8 Å². The Labute approximate surface area is 120 Å². The van der Waals surface area contributed by atoms with Crippen molar-refractivity contribution in [3.63, 3.8) is 0 Å². The molecule has 2 heteroatoms. The fraction of sp³-hybridized carbons (Fsp3) is 0.278. The molecule has 0 unspecified atom stereocenters. The maximum atomic E-state index is 4.78. The maximum Gasteiger partial charge on any atom is 0.110 e. The molecule has 2 nitrogen and oxygen atoms in total. The maximum absolute atomic E-state index is 4.78. The zero-order valence-electron chi connectivity index (χ0n) is 12.1. The number of nitrogens with zero attached hydrogens (tertiary/aromatic N) is 2. The third kappa shape index (κ3) is 2.46. The number of para-hydroxylation sites is 2. The van der Waals surface area contributed by atoms with E-state index in [9.17, 15) is 0 Å². The van der Waals surface area contributed by atoms with Gasteiger partial charge < -0.3 is 4.57 Å². The molecule has 0 N–H and O–H groups in total. The molecule has 1 heterocycles. The highest BCUT2D eigenvalue weighted by atomic mass is 15.1. The monoisotopic (exact) mass is 264 g/mol. The Morgan fingerprint density at radius 3 is 2.70 bits per heavy atom. The zero-order chi connectivity index (χ0) is 13.9. The lowest BCUT2D eigenvalue weighted by molar-refractivity contribution is 0.721. The Morgan fingerprint density at radius 2 is 1.90 bits per heavy atom. The van der Waals surface area contributed by atoms with Gasteiger partial charge in [0.1, 0.15) is 5.82 Å². The first-order chi connectivity index (χ1) is 9.78. The predicted molar refractivity (Wildman–Crippen MR) is 84.0 cm³/mol. The van der Waals surface area contributed by atoms with Gasteiger partial charge in [-0.15, -0.1) is 0 Å². The van der Waals surface area contributed by atoms with E-state index in [1.807, 2.05) is 0 Å². The van der Waals surface area contributed by atoms with Gasteiger partial charge in [0.2, 0.25) is 0 Å². The number of hydrogen-bond acceptors (Lipinski definition) is 1. The number of imidazole rings is 1. The van der Waals surface area contributed by atoms with Gasteiger partial charge in [-0.2, -0.15) is 0 Å². The van der Waals surface area contributed by atoms with Crippen LogP contribution in [-0.2, 0) is 13.0 Å². The van der Waals surface area contributed by atoms with Crippen molar-refractivity contribution in [3.05, 3.63) is 65.5 Å². The minimum absolute atomic E-state index is 0.900. The van der Waals surface area contributed by atoms with Crippen LogP contribution in [0.3, 0.4) is 0 Å². The van der Waals surface area contributed by atoms with Crippen molar-refractivity contribution >= 4 is 11.0 Å². The molecule has 0 aliphatic rings. The van der Waals surface area contributed by atoms with E-state index in [-0.39, 0.29) is 0 Å². The number of aromatic nitrogens is 2. The first-order valence-corrected chi connectivity index (χ1v) is 7.27. The normalized spacial score (nSPS) is 11.1. The molecule has 0 bridgehead atoms. The van der Waals surface area contributed by atoms with Crippen molar-refractivity contribution < 1.29 is 0 Å². The molecule has 0 radical (unpaired) electrons. The van der Waals surface area contributed by atoms with E-state index in [0.717, 1.165) is 24.9 Å².